The van der Waals surface area contributed by atoms with Crippen molar-refractivity contribution in [3.63, 3.8) is 0 Å². The molecule has 0 aliphatic rings. The van der Waals surface area contributed by atoms with E-state index in [-0.39, 0.29) is 0 Å². The van der Waals surface area contributed by atoms with Crippen molar-refractivity contribution in [3.05, 3.63) is 28.4 Å². The summed E-state index contributed by atoms with van der Waals surface area (Å²) in [5.41, 5.74) is 2.36. The molecule has 2 aromatic rings. The van der Waals surface area contributed by atoms with E-state index < -0.39 is 0 Å². The molecule has 1 heterocycles. The predicted molar refractivity (Wildman–Crippen MR) is 67.0 cm³/mol. The van der Waals surface area contributed by atoms with Crippen LogP contribution in [0.25, 0.3) is 10.1 Å². The fraction of sp³-hybridized carbons (Fsp3) is 0.364. The largest absolute Gasteiger partial charge is 0.319 e. The molecule has 0 saturated heterocycles. The highest BCUT2D eigenvalue weighted by Gasteiger charge is 2.08. The maximum atomic E-state index is 6.09. The Morgan fingerprint density at radius 2 is 2.27 bits per heavy atom. The second-order valence-corrected chi connectivity index (χ2v) is 4.77. The number of aryl methyl sites for hydroxylation is 1. The molecule has 0 aliphatic carbocycles. The molecule has 15 heavy (non-hydrogen) atoms. The van der Waals surface area contributed by atoms with Crippen LogP contribution < -0.4 is 5.32 Å². The summed E-state index contributed by atoms with van der Waals surface area (Å²) >= 11 is 7.65. The Labute approximate surface area is 98.4 Å². The summed E-state index contributed by atoms with van der Waals surface area (Å²) in [6, 6.07) is 4.04. The van der Waals surface area contributed by atoms with Crippen LogP contribution in [0.2, 0.25) is 5.02 Å². The van der Waals surface area contributed by atoms with E-state index in [1.54, 1.807) is 11.5 Å². The van der Waals surface area contributed by atoms with Gasteiger partial charge in [0.1, 0.15) is 0 Å². The second-order valence-electron chi connectivity index (χ2n) is 3.56. The minimum absolute atomic E-state index is 0.803. The average Bonchev–Trinajstić information content (AvgIpc) is 2.57. The number of benzene rings is 1. The maximum Gasteiger partial charge on any atom is 0.0590 e. The number of rotatable bonds is 3. The Kier molecular flexibility index (Phi) is 3.24. The SMILES string of the molecule is CNCCc1cc(Cl)cc2c(C)nsc12. The van der Waals surface area contributed by atoms with E-state index >= 15 is 0 Å². The fourth-order valence-corrected chi connectivity index (χ4v) is 2.79. The standard InChI is InChI=1S/C11H13ClN2S/c1-7-10-6-9(12)5-8(3-4-13-2)11(10)15-14-7/h5-6,13H,3-4H2,1-2H3. The highest BCUT2D eigenvalue weighted by Crippen LogP contribution is 2.29. The van der Waals surface area contributed by atoms with Gasteiger partial charge in [0.15, 0.2) is 0 Å². The summed E-state index contributed by atoms with van der Waals surface area (Å²) in [7, 11) is 1.96. The van der Waals surface area contributed by atoms with Crippen LogP contribution in [0.3, 0.4) is 0 Å². The van der Waals surface area contributed by atoms with Gasteiger partial charge in [-0.3, -0.25) is 0 Å². The van der Waals surface area contributed by atoms with E-state index in [4.69, 9.17) is 11.6 Å². The van der Waals surface area contributed by atoms with Crippen molar-refractivity contribution in [1.29, 1.82) is 0 Å². The highest BCUT2D eigenvalue weighted by molar-refractivity contribution is 7.13. The number of fused-ring (bicyclic) bond motifs is 1. The molecule has 0 radical (unpaired) electrons. The third kappa shape index (κ3) is 2.14. The number of halogens is 1. The molecule has 1 aromatic heterocycles. The van der Waals surface area contributed by atoms with Gasteiger partial charge in [-0.1, -0.05) is 11.6 Å². The summed E-state index contributed by atoms with van der Waals surface area (Å²) < 4.78 is 5.64. The van der Waals surface area contributed by atoms with Gasteiger partial charge in [-0.05, 0) is 56.2 Å². The lowest BCUT2D eigenvalue weighted by molar-refractivity contribution is 0.795. The number of nitrogens with zero attached hydrogens (tertiary/aromatic N) is 1. The van der Waals surface area contributed by atoms with Crippen LogP contribution in [0, 0.1) is 6.92 Å². The molecule has 0 fully saturated rings. The lowest BCUT2D eigenvalue weighted by atomic mass is 10.1. The summed E-state index contributed by atoms with van der Waals surface area (Å²) in [4.78, 5) is 0. The molecule has 2 rings (SSSR count). The summed E-state index contributed by atoms with van der Waals surface area (Å²) in [6.07, 6.45) is 0.995. The van der Waals surface area contributed by atoms with Crippen LogP contribution in [-0.4, -0.2) is 18.0 Å². The van der Waals surface area contributed by atoms with Crippen molar-refractivity contribution in [3.8, 4) is 0 Å². The van der Waals surface area contributed by atoms with Gasteiger partial charge in [0.25, 0.3) is 0 Å². The van der Waals surface area contributed by atoms with Gasteiger partial charge in [0.2, 0.25) is 0 Å². The molecule has 80 valence electrons. The highest BCUT2D eigenvalue weighted by atomic mass is 35.5. The van der Waals surface area contributed by atoms with Gasteiger partial charge >= 0.3 is 0 Å². The molecule has 0 saturated carbocycles. The van der Waals surface area contributed by atoms with Gasteiger partial charge in [-0.2, -0.15) is 4.37 Å². The topological polar surface area (TPSA) is 24.9 Å². The van der Waals surface area contributed by atoms with E-state index in [1.807, 2.05) is 26.1 Å². The third-order valence-corrected chi connectivity index (χ3v) is 3.69. The number of hydrogen-bond donors (Lipinski definition) is 1. The first-order valence-electron chi connectivity index (χ1n) is 4.91. The third-order valence-electron chi connectivity index (χ3n) is 2.44. The van der Waals surface area contributed by atoms with E-state index in [0.717, 1.165) is 23.7 Å². The van der Waals surface area contributed by atoms with Crippen molar-refractivity contribution in [2.45, 2.75) is 13.3 Å². The lowest BCUT2D eigenvalue weighted by Crippen LogP contribution is -2.10. The summed E-state index contributed by atoms with van der Waals surface area (Å²) in [6.45, 7) is 2.99. The Hall–Kier alpha value is -0.640. The van der Waals surface area contributed by atoms with Crippen molar-refractivity contribution < 1.29 is 0 Å². The molecule has 0 atom stereocenters. The number of aromatic nitrogens is 1. The van der Waals surface area contributed by atoms with Gasteiger partial charge in [-0.25, -0.2) is 0 Å². The Balaban J connectivity index is 2.52. The Bertz CT molecular complexity index is 479. The van der Waals surface area contributed by atoms with Gasteiger partial charge in [0.05, 0.1) is 10.4 Å². The van der Waals surface area contributed by atoms with Crippen LogP contribution in [0.4, 0.5) is 0 Å². The van der Waals surface area contributed by atoms with E-state index in [9.17, 15) is 0 Å². The van der Waals surface area contributed by atoms with E-state index in [1.165, 1.54) is 15.6 Å². The Morgan fingerprint density at radius 3 is 3.00 bits per heavy atom. The Morgan fingerprint density at radius 1 is 1.47 bits per heavy atom. The van der Waals surface area contributed by atoms with Gasteiger partial charge in [0, 0.05) is 10.4 Å². The monoisotopic (exact) mass is 240 g/mol. The fourth-order valence-electron chi connectivity index (χ4n) is 1.64. The smallest absolute Gasteiger partial charge is 0.0590 e. The van der Waals surface area contributed by atoms with E-state index in [0.29, 0.717) is 0 Å². The molecule has 0 spiro atoms. The predicted octanol–water partition coefficient (Wildman–Crippen LogP) is 3.02. The molecule has 1 aromatic carbocycles. The molecular weight excluding hydrogens is 228 g/mol. The summed E-state index contributed by atoms with van der Waals surface area (Å²) in [5.74, 6) is 0. The van der Waals surface area contributed by atoms with Crippen LogP contribution >= 0.6 is 23.1 Å². The molecule has 0 aliphatic heterocycles. The molecule has 0 bridgehead atoms. The van der Waals surface area contributed by atoms with Crippen molar-refractivity contribution in [2.24, 2.45) is 0 Å². The molecule has 0 amide bonds. The minimum atomic E-state index is 0.803. The van der Waals surface area contributed by atoms with Gasteiger partial charge in [-0.15, -0.1) is 0 Å². The molecule has 2 nitrogen and oxygen atoms in total. The van der Waals surface area contributed by atoms with Crippen LogP contribution in [0.1, 0.15) is 11.3 Å². The van der Waals surface area contributed by atoms with Crippen molar-refractivity contribution in [2.75, 3.05) is 13.6 Å². The number of hydrogen-bond acceptors (Lipinski definition) is 3. The zero-order valence-electron chi connectivity index (χ0n) is 8.80. The molecule has 1 N–H and O–H groups in total. The summed E-state index contributed by atoms with van der Waals surface area (Å²) in [5, 5.41) is 5.14. The minimum Gasteiger partial charge on any atom is -0.319 e. The molecule has 0 unspecified atom stereocenters. The molecular formula is C11H13ClN2S. The second kappa shape index (κ2) is 4.47. The quantitative estimate of drug-likeness (QED) is 0.892. The normalized spacial score (nSPS) is 11.1. The van der Waals surface area contributed by atoms with Gasteiger partial charge < -0.3 is 5.32 Å². The van der Waals surface area contributed by atoms with Crippen molar-refractivity contribution >= 4 is 33.2 Å². The lowest BCUT2D eigenvalue weighted by Gasteiger charge is -2.03. The first kappa shape index (κ1) is 10.9. The van der Waals surface area contributed by atoms with Crippen LogP contribution in [0.5, 0.6) is 0 Å². The zero-order chi connectivity index (χ0) is 10.8. The molecule has 4 heteroatoms. The first-order valence-corrected chi connectivity index (χ1v) is 6.06. The van der Waals surface area contributed by atoms with Crippen LogP contribution in [-0.2, 0) is 6.42 Å². The van der Waals surface area contributed by atoms with Crippen LogP contribution in [0.15, 0.2) is 12.1 Å². The van der Waals surface area contributed by atoms with Crippen molar-refractivity contribution in [1.82, 2.24) is 9.69 Å². The number of nitrogens with one attached hydrogen (secondary N) is 1. The maximum absolute atomic E-state index is 6.09. The average molecular weight is 241 g/mol. The number of likely N-dealkylation sites (N-methyl/N-ethyl adjacent to an activating group) is 1. The zero-order valence-corrected chi connectivity index (χ0v) is 10.4. The first-order chi connectivity index (χ1) is 7.22. The van der Waals surface area contributed by atoms with E-state index in [2.05, 4.69) is 9.69 Å².